The Morgan fingerprint density at radius 2 is 2.04 bits per heavy atom. The zero-order valence-corrected chi connectivity index (χ0v) is 16.9. The molecule has 0 radical (unpaired) electrons. The van der Waals surface area contributed by atoms with Crippen LogP contribution in [0, 0.1) is 23.2 Å². The lowest BCUT2D eigenvalue weighted by molar-refractivity contribution is -0.147. The number of hydrogen-bond donors (Lipinski definition) is 0. The third-order valence-corrected chi connectivity index (χ3v) is 8.74. The molecule has 5 aliphatic rings. The largest absolute Gasteiger partial charge is 0.462 e. The molecule has 0 aromatic heterocycles. The fourth-order valence-corrected chi connectivity index (χ4v) is 7.15. The van der Waals surface area contributed by atoms with Crippen molar-refractivity contribution in [3.63, 3.8) is 0 Å². The first kappa shape index (κ1) is 17.5. The third-order valence-electron chi connectivity index (χ3n) is 8.74. The number of ether oxygens (including phenoxy) is 2. The summed E-state index contributed by atoms with van der Waals surface area (Å²) in [6, 6.07) is 8.74. The fourth-order valence-electron chi connectivity index (χ4n) is 7.15. The number of epoxide rings is 1. The molecule has 1 aromatic carbocycles. The number of rotatable bonds is 2. The highest BCUT2D eigenvalue weighted by molar-refractivity contribution is 5.75. The molecule has 0 unspecified atom stereocenters. The highest BCUT2D eigenvalue weighted by atomic mass is 16.6. The lowest BCUT2D eigenvalue weighted by Gasteiger charge is -2.51. The molecule has 0 bridgehead atoms. The molecule has 3 aliphatic heterocycles. The van der Waals surface area contributed by atoms with E-state index in [1.54, 1.807) is 0 Å². The molecule has 150 valence electrons. The average molecular weight is 382 g/mol. The smallest absolute Gasteiger partial charge is 0.310 e. The molecule has 4 fully saturated rings. The molecule has 2 saturated heterocycles. The first-order valence-electron chi connectivity index (χ1n) is 11.2. The molecular formula is C24H31NO3. The van der Waals surface area contributed by atoms with Gasteiger partial charge in [-0.1, -0.05) is 31.2 Å². The molecule has 2 saturated carbocycles. The Balaban J connectivity index is 1.21. The Hall–Kier alpha value is -1.39. The van der Waals surface area contributed by atoms with E-state index in [0.29, 0.717) is 11.8 Å². The second kappa shape index (κ2) is 6.06. The summed E-state index contributed by atoms with van der Waals surface area (Å²) in [6.45, 7) is 6.23. The van der Waals surface area contributed by atoms with Crippen molar-refractivity contribution in [2.45, 2.75) is 63.7 Å². The van der Waals surface area contributed by atoms with E-state index in [0.717, 1.165) is 45.5 Å². The van der Waals surface area contributed by atoms with Gasteiger partial charge in [0.15, 0.2) is 0 Å². The first-order chi connectivity index (χ1) is 13.6. The van der Waals surface area contributed by atoms with Crippen molar-refractivity contribution < 1.29 is 14.3 Å². The van der Waals surface area contributed by atoms with E-state index in [4.69, 9.17) is 9.47 Å². The fraction of sp³-hybridized carbons (Fsp3) is 0.708. The van der Waals surface area contributed by atoms with Crippen LogP contribution in [0.3, 0.4) is 0 Å². The van der Waals surface area contributed by atoms with Gasteiger partial charge < -0.3 is 9.47 Å². The first-order valence-corrected chi connectivity index (χ1v) is 11.2. The van der Waals surface area contributed by atoms with Crippen LogP contribution in [0.5, 0.6) is 0 Å². The standard InChI is InChI=1S/C24H31NO3/c1-23-8-4-9-24(15-27-24)21(23)11-18-19(22(26)28-20(18)12-23)14-25-10-7-16-5-2-3-6-17(16)13-25/h2-3,5-6,18-21H,4,7-15H2,1H3/t18-,19-,20-,21-,23-,24+/m1/s1. The topological polar surface area (TPSA) is 42.1 Å². The summed E-state index contributed by atoms with van der Waals surface area (Å²) in [5.74, 6) is 1.08. The van der Waals surface area contributed by atoms with E-state index in [2.05, 4.69) is 36.1 Å². The second-order valence-electron chi connectivity index (χ2n) is 10.4. The summed E-state index contributed by atoms with van der Waals surface area (Å²) in [5.41, 5.74) is 3.31. The van der Waals surface area contributed by atoms with E-state index in [-0.39, 0.29) is 29.0 Å². The predicted molar refractivity (Wildman–Crippen MR) is 106 cm³/mol. The maximum Gasteiger partial charge on any atom is 0.310 e. The molecule has 3 heterocycles. The second-order valence-corrected chi connectivity index (χ2v) is 10.4. The molecule has 4 nitrogen and oxygen atoms in total. The summed E-state index contributed by atoms with van der Waals surface area (Å²) in [6.07, 6.45) is 7.10. The average Bonchev–Trinajstić information content (AvgIpc) is 3.39. The van der Waals surface area contributed by atoms with Crippen LogP contribution < -0.4 is 0 Å². The highest BCUT2D eigenvalue weighted by Gasteiger charge is 2.65. The minimum Gasteiger partial charge on any atom is -0.462 e. The number of esters is 1. The summed E-state index contributed by atoms with van der Waals surface area (Å²) >= 11 is 0. The maximum absolute atomic E-state index is 12.9. The number of hydrogen-bond acceptors (Lipinski definition) is 4. The van der Waals surface area contributed by atoms with Gasteiger partial charge in [0.1, 0.15) is 6.10 Å². The van der Waals surface area contributed by atoms with E-state index in [1.165, 1.54) is 30.4 Å². The summed E-state index contributed by atoms with van der Waals surface area (Å²) in [5, 5.41) is 0. The van der Waals surface area contributed by atoms with Crippen LogP contribution in [0.15, 0.2) is 24.3 Å². The summed E-state index contributed by atoms with van der Waals surface area (Å²) < 4.78 is 12.0. The third kappa shape index (κ3) is 2.60. The van der Waals surface area contributed by atoms with E-state index >= 15 is 0 Å². The van der Waals surface area contributed by atoms with E-state index < -0.39 is 0 Å². The Morgan fingerprint density at radius 1 is 1.21 bits per heavy atom. The number of fused-ring (bicyclic) bond motifs is 4. The highest BCUT2D eigenvalue weighted by Crippen LogP contribution is 2.62. The number of carbonyl (C=O) groups is 1. The minimum absolute atomic E-state index is 0.0394. The van der Waals surface area contributed by atoms with Gasteiger partial charge in [0, 0.05) is 25.6 Å². The molecule has 2 aliphatic carbocycles. The van der Waals surface area contributed by atoms with Gasteiger partial charge in [-0.3, -0.25) is 9.69 Å². The maximum atomic E-state index is 12.9. The lowest BCUT2D eigenvalue weighted by atomic mass is 9.53. The van der Waals surface area contributed by atoms with Gasteiger partial charge in [-0.25, -0.2) is 0 Å². The molecule has 4 heteroatoms. The molecule has 0 amide bonds. The van der Waals surface area contributed by atoms with Gasteiger partial charge in [-0.2, -0.15) is 0 Å². The Labute approximate surface area is 167 Å². The zero-order chi connectivity index (χ0) is 18.9. The van der Waals surface area contributed by atoms with Gasteiger partial charge in [-0.05, 0) is 61.0 Å². The predicted octanol–water partition coefficient (Wildman–Crippen LogP) is 3.57. The lowest BCUT2D eigenvalue weighted by Crippen LogP contribution is -2.51. The van der Waals surface area contributed by atoms with Crippen molar-refractivity contribution in [3.05, 3.63) is 35.4 Å². The van der Waals surface area contributed by atoms with Crippen molar-refractivity contribution in [2.24, 2.45) is 23.2 Å². The van der Waals surface area contributed by atoms with Gasteiger partial charge in [-0.15, -0.1) is 0 Å². The van der Waals surface area contributed by atoms with Crippen LogP contribution in [0.2, 0.25) is 0 Å². The number of nitrogens with zero attached hydrogens (tertiary/aromatic N) is 1. The number of carbonyl (C=O) groups excluding carboxylic acids is 1. The van der Waals surface area contributed by atoms with Gasteiger partial charge in [0.25, 0.3) is 0 Å². The monoisotopic (exact) mass is 381 g/mol. The molecule has 1 aromatic rings. The molecule has 1 spiro atoms. The van der Waals surface area contributed by atoms with Crippen molar-refractivity contribution in [3.8, 4) is 0 Å². The molecule has 6 rings (SSSR count). The van der Waals surface area contributed by atoms with E-state index in [9.17, 15) is 4.79 Å². The van der Waals surface area contributed by atoms with Crippen molar-refractivity contribution >= 4 is 5.97 Å². The molecular weight excluding hydrogens is 350 g/mol. The molecule has 0 N–H and O–H groups in total. The summed E-state index contributed by atoms with van der Waals surface area (Å²) in [7, 11) is 0. The Bertz CT molecular complexity index is 803. The van der Waals surface area contributed by atoms with Crippen LogP contribution in [0.25, 0.3) is 0 Å². The normalized spacial score (nSPS) is 44.5. The van der Waals surface area contributed by atoms with E-state index in [1.807, 2.05) is 0 Å². The van der Waals surface area contributed by atoms with Gasteiger partial charge in [0.05, 0.1) is 18.1 Å². The van der Waals surface area contributed by atoms with Crippen LogP contribution >= 0.6 is 0 Å². The van der Waals surface area contributed by atoms with Crippen LogP contribution in [-0.4, -0.2) is 42.3 Å². The van der Waals surface area contributed by atoms with Crippen LogP contribution in [0.1, 0.15) is 50.2 Å². The van der Waals surface area contributed by atoms with Crippen molar-refractivity contribution in [2.75, 3.05) is 19.7 Å². The van der Waals surface area contributed by atoms with Crippen LogP contribution in [-0.2, 0) is 27.2 Å². The van der Waals surface area contributed by atoms with Crippen molar-refractivity contribution in [1.29, 1.82) is 0 Å². The Morgan fingerprint density at radius 3 is 2.86 bits per heavy atom. The van der Waals surface area contributed by atoms with Crippen molar-refractivity contribution in [1.82, 2.24) is 4.90 Å². The van der Waals surface area contributed by atoms with Crippen LogP contribution in [0.4, 0.5) is 0 Å². The number of benzene rings is 1. The molecule has 28 heavy (non-hydrogen) atoms. The molecule has 6 atom stereocenters. The minimum atomic E-state index is 0.0394. The SMILES string of the molecule is C[C@]12CCC[C@]3(CO3)[C@@H]1C[C@H]1[C@@H](C2)OC(=O)[C@@H]1CN1CCc2ccccc2C1. The van der Waals surface area contributed by atoms with Gasteiger partial charge >= 0.3 is 5.97 Å². The van der Waals surface area contributed by atoms with Gasteiger partial charge in [0.2, 0.25) is 0 Å². The zero-order valence-electron chi connectivity index (χ0n) is 16.9. The Kier molecular flexibility index (Phi) is 3.78. The summed E-state index contributed by atoms with van der Waals surface area (Å²) in [4.78, 5) is 15.3. The quantitative estimate of drug-likeness (QED) is 0.580.